The van der Waals surface area contributed by atoms with E-state index in [-0.39, 0.29) is 5.57 Å². The number of hydrogen-bond acceptors (Lipinski definition) is 2. The summed E-state index contributed by atoms with van der Waals surface area (Å²) >= 11 is 6.05. The summed E-state index contributed by atoms with van der Waals surface area (Å²) in [7, 11) is 0. The number of nitriles is 1. The second kappa shape index (κ2) is 7.81. The number of amides is 1. The van der Waals surface area contributed by atoms with Crippen molar-refractivity contribution in [1.82, 2.24) is 0 Å². The van der Waals surface area contributed by atoms with Crippen LogP contribution in [-0.2, 0) is 4.79 Å². The molecule has 0 aliphatic heterocycles. The molecule has 0 atom stereocenters. The summed E-state index contributed by atoms with van der Waals surface area (Å²) < 4.78 is 0. The minimum Gasteiger partial charge on any atom is -0.321 e. The van der Waals surface area contributed by atoms with E-state index in [2.05, 4.69) is 19.2 Å². The Morgan fingerprint density at radius 1 is 1.21 bits per heavy atom. The number of aryl methyl sites for hydroxylation is 1. The SMILES string of the molecule is Cc1ccc(NC(=O)/C(C#N)=C/c2ccc(C(C)C)cc2)cc1Cl. The Kier molecular flexibility index (Phi) is 5.78. The molecule has 2 aromatic carbocycles. The Bertz CT molecular complexity index is 815. The van der Waals surface area contributed by atoms with Gasteiger partial charge in [-0.1, -0.05) is 55.8 Å². The summed E-state index contributed by atoms with van der Waals surface area (Å²) in [6.07, 6.45) is 1.58. The molecule has 0 aromatic heterocycles. The molecule has 0 saturated heterocycles. The van der Waals surface area contributed by atoms with Crippen LogP contribution in [0, 0.1) is 18.3 Å². The van der Waals surface area contributed by atoms with Gasteiger partial charge in [-0.05, 0) is 47.7 Å². The van der Waals surface area contributed by atoms with Crippen LogP contribution in [0.1, 0.15) is 36.5 Å². The maximum Gasteiger partial charge on any atom is 0.266 e. The number of nitrogens with zero attached hydrogens (tertiary/aromatic N) is 1. The van der Waals surface area contributed by atoms with E-state index in [1.54, 1.807) is 18.2 Å². The third-order valence-electron chi connectivity index (χ3n) is 3.71. The maximum atomic E-state index is 12.3. The molecule has 0 aliphatic carbocycles. The molecule has 1 amide bonds. The molecule has 1 N–H and O–H groups in total. The number of carbonyl (C=O) groups excluding carboxylic acids is 1. The maximum absolute atomic E-state index is 12.3. The highest BCUT2D eigenvalue weighted by Gasteiger charge is 2.10. The van der Waals surface area contributed by atoms with E-state index in [4.69, 9.17) is 11.6 Å². The second-order valence-corrected chi connectivity index (χ2v) is 6.32. The van der Waals surface area contributed by atoms with Gasteiger partial charge in [0.15, 0.2) is 0 Å². The van der Waals surface area contributed by atoms with Crippen LogP contribution in [0.4, 0.5) is 5.69 Å². The molecule has 0 spiro atoms. The van der Waals surface area contributed by atoms with Crippen LogP contribution in [0.25, 0.3) is 6.08 Å². The van der Waals surface area contributed by atoms with E-state index in [1.165, 1.54) is 5.56 Å². The van der Waals surface area contributed by atoms with Crippen LogP contribution >= 0.6 is 11.6 Å². The first-order chi connectivity index (χ1) is 11.4. The number of halogens is 1. The smallest absolute Gasteiger partial charge is 0.266 e. The molecule has 4 heteroatoms. The predicted octanol–water partition coefficient (Wildman–Crippen LogP) is 5.32. The van der Waals surface area contributed by atoms with Crippen LogP contribution in [-0.4, -0.2) is 5.91 Å². The van der Waals surface area contributed by atoms with Gasteiger partial charge < -0.3 is 5.32 Å². The summed E-state index contributed by atoms with van der Waals surface area (Å²) in [6.45, 7) is 6.12. The molecule has 3 nitrogen and oxygen atoms in total. The van der Waals surface area contributed by atoms with Crippen LogP contribution in [0.5, 0.6) is 0 Å². The molecule has 0 fully saturated rings. The monoisotopic (exact) mass is 338 g/mol. The van der Waals surface area contributed by atoms with Gasteiger partial charge in [0.2, 0.25) is 0 Å². The largest absolute Gasteiger partial charge is 0.321 e. The normalized spacial score (nSPS) is 11.2. The lowest BCUT2D eigenvalue weighted by Gasteiger charge is -2.07. The Labute approximate surface area is 147 Å². The Balaban J connectivity index is 2.18. The van der Waals surface area contributed by atoms with Crippen molar-refractivity contribution in [2.75, 3.05) is 5.32 Å². The highest BCUT2D eigenvalue weighted by atomic mass is 35.5. The Hall–Kier alpha value is -2.57. The summed E-state index contributed by atoms with van der Waals surface area (Å²) in [6, 6.07) is 15.0. The van der Waals surface area contributed by atoms with Crippen LogP contribution in [0.3, 0.4) is 0 Å². The summed E-state index contributed by atoms with van der Waals surface area (Å²) in [5.74, 6) is -0.0154. The van der Waals surface area contributed by atoms with Crippen molar-refractivity contribution in [2.45, 2.75) is 26.7 Å². The van der Waals surface area contributed by atoms with Crippen molar-refractivity contribution in [2.24, 2.45) is 0 Å². The van der Waals surface area contributed by atoms with Crippen molar-refractivity contribution in [3.8, 4) is 6.07 Å². The van der Waals surface area contributed by atoms with Crippen LogP contribution < -0.4 is 5.32 Å². The van der Waals surface area contributed by atoms with Crippen molar-refractivity contribution >= 4 is 29.3 Å². The first-order valence-corrected chi connectivity index (χ1v) is 8.07. The van der Waals surface area contributed by atoms with E-state index < -0.39 is 5.91 Å². The molecule has 0 aliphatic rings. The standard InChI is InChI=1S/C20H19ClN2O/c1-13(2)16-7-5-15(6-8-16)10-17(12-22)20(24)23-18-9-4-14(3)19(21)11-18/h4-11,13H,1-3H3,(H,23,24)/b17-10+. The minimum absolute atomic E-state index is 0.0454. The number of nitrogens with one attached hydrogen (secondary N) is 1. The summed E-state index contributed by atoms with van der Waals surface area (Å²) in [5.41, 5.74) is 3.56. The average molecular weight is 339 g/mol. The summed E-state index contributed by atoms with van der Waals surface area (Å²) in [5, 5.41) is 12.5. The Morgan fingerprint density at radius 3 is 2.42 bits per heavy atom. The minimum atomic E-state index is -0.453. The molecular formula is C20H19ClN2O. The predicted molar refractivity (Wildman–Crippen MR) is 98.9 cm³/mol. The number of benzene rings is 2. The van der Waals surface area contributed by atoms with Gasteiger partial charge in [0, 0.05) is 10.7 Å². The fourth-order valence-corrected chi connectivity index (χ4v) is 2.34. The van der Waals surface area contributed by atoms with Crippen molar-refractivity contribution in [3.63, 3.8) is 0 Å². The van der Waals surface area contributed by atoms with Gasteiger partial charge in [0.1, 0.15) is 11.6 Å². The quantitative estimate of drug-likeness (QED) is 0.606. The van der Waals surface area contributed by atoms with Crippen molar-refractivity contribution in [1.29, 1.82) is 5.26 Å². The molecule has 0 saturated carbocycles. The lowest BCUT2D eigenvalue weighted by molar-refractivity contribution is -0.112. The highest BCUT2D eigenvalue weighted by Crippen LogP contribution is 2.21. The van der Waals surface area contributed by atoms with Gasteiger partial charge in [-0.15, -0.1) is 0 Å². The molecule has 0 unspecified atom stereocenters. The Morgan fingerprint density at radius 2 is 1.88 bits per heavy atom. The number of rotatable bonds is 4. The van der Waals surface area contributed by atoms with Gasteiger partial charge in [0.05, 0.1) is 0 Å². The summed E-state index contributed by atoms with van der Waals surface area (Å²) in [4.78, 5) is 12.3. The molecule has 2 aromatic rings. The van der Waals surface area contributed by atoms with Crippen LogP contribution in [0.15, 0.2) is 48.0 Å². The zero-order valence-electron chi connectivity index (χ0n) is 13.9. The number of carbonyl (C=O) groups is 1. The van der Waals surface area contributed by atoms with Gasteiger partial charge in [-0.3, -0.25) is 4.79 Å². The zero-order chi connectivity index (χ0) is 17.7. The molecule has 0 bridgehead atoms. The fraction of sp³-hybridized carbons (Fsp3) is 0.200. The fourth-order valence-electron chi connectivity index (χ4n) is 2.16. The highest BCUT2D eigenvalue weighted by molar-refractivity contribution is 6.31. The van der Waals surface area contributed by atoms with Crippen molar-refractivity contribution < 1.29 is 4.79 Å². The van der Waals surface area contributed by atoms with E-state index in [0.717, 1.165) is 11.1 Å². The van der Waals surface area contributed by atoms with Gasteiger partial charge in [-0.2, -0.15) is 5.26 Å². The third-order valence-corrected chi connectivity index (χ3v) is 4.12. The van der Waals surface area contributed by atoms with Gasteiger partial charge in [0.25, 0.3) is 5.91 Å². The molecule has 0 heterocycles. The second-order valence-electron chi connectivity index (χ2n) is 5.91. The van der Waals surface area contributed by atoms with E-state index >= 15 is 0 Å². The first kappa shape index (κ1) is 17.8. The van der Waals surface area contributed by atoms with E-state index in [1.807, 2.05) is 43.3 Å². The average Bonchev–Trinajstić information content (AvgIpc) is 2.56. The molecule has 2 rings (SSSR count). The van der Waals surface area contributed by atoms with Crippen LogP contribution in [0.2, 0.25) is 5.02 Å². The van der Waals surface area contributed by atoms with Gasteiger partial charge >= 0.3 is 0 Å². The first-order valence-electron chi connectivity index (χ1n) is 7.70. The zero-order valence-corrected chi connectivity index (χ0v) is 14.7. The molecule has 0 radical (unpaired) electrons. The van der Waals surface area contributed by atoms with Gasteiger partial charge in [-0.25, -0.2) is 0 Å². The third kappa shape index (κ3) is 4.47. The molecule has 122 valence electrons. The number of anilines is 1. The lowest BCUT2D eigenvalue weighted by atomic mass is 10.0. The van der Waals surface area contributed by atoms with E-state index in [0.29, 0.717) is 16.6 Å². The molecule has 24 heavy (non-hydrogen) atoms. The topological polar surface area (TPSA) is 52.9 Å². The molecular weight excluding hydrogens is 320 g/mol. The number of hydrogen-bond donors (Lipinski definition) is 1. The van der Waals surface area contributed by atoms with E-state index in [9.17, 15) is 10.1 Å². The van der Waals surface area contributed by atoms with Crippen molar-refractivity contribution in [3.05, 3.63) is 69.8 Å². The lowest BCUT2D eigenvalue weighted by Crippen LogP contribution is -2.13.